The highest BCUT2D eigenvalue weighted by molar-refractivity contribution is 5.78. The number of hydrogen-bond donors (Lipinski definition) is 0. The Kier molecular flexibility index (Phi) is 2.89. The summed E-state index contributed by atoms with van der Waals surface area (Å²) in [5.74, 6) is 0. The molecule has 70 valence electrons. The Morgan fingerprint density at radius 1 is 1.36 bits per heavy atom. The van der Waals surface area contributed by atoms with Crippen molar-refractivity contribution in [2.75, 3.05) is 0 Å². The molecule has 1 aromatic carbocycles. The maximum absolute atomic E-state index is 8.71. The molecule has 0 spiro atoms. The zero-order chi connectivity index (χ0) is 10.7. The first kappa shape index (κ1) is 10.3. The van der Waals surface area contributed by atoms with Crippen LogP contribution in [0.5, 0.6) is 0 Å². The highest BCUT2D eigenvalue weighted by atomic mass is 14.2. The van der Waals surface area contributed by atoms with Crippen LogP contribution in [0.2, 0.25) is 0 Å². The van der Waals surface area contributed by atoms with Crippen molar-refractivity contribution in [1.29, 1.82) is 5.26 Å². The lowest BCUT2D eigenvalue weighted by molar-refractivity contribution is 1.38. The molecule has 0 radical (unpaired) electrons. The molecule has 0 aliphatic heterocycles. The Morgan fingerprint density at radius 2 is 2.00 bits per heavy atom. The van der Waals surface area contributed by atoms with Crippen LogP contribution in [0.15, 0.2) is 36.9 Å². The first-order valence-electron chi connectivity index (χ1n) is 4.42. The fourth-order valence-corrected chi connectivity index (χ4v) is 1.30. The number of nitrogens with zero attached hydrogens (tertiary/aromatic N) is 1. The Bertz CT molecular complexity index is 433. The Balaban J connectivity index is 3.20. The number of allylic oxidation sites excluding steroid dienone is 2. The van der Waals surface area contributed by atoms with Gasteiger partial charge in [0.25, 0.3) is 0 Å². The van der Waals surface area contributed by atoms with Gasteiger partial charge in [0.2, 0.25) is 0 Å². The molecule has 0 saturated carbocycles. The number of hydrogen-bond acceptors (Lipinski definition) is 1. The van der Waals surface area contributed by atoms with Crippen molar-refractivity contribution in [2.45, 2.75) is 13.8 Å². The van der Waals surface area contributed by atoms with Crippen molar-refractivity contribution in [1.82, 2.24) is 0 Å². The lowest BCUT2D eigenvalue weighted by Crippen LogP contribution is -1.89. The van der Waals surface area contributed by atoms with Crippen LogP contribution in [-0.4, -0.2) is 0 Å². The van der Waals surface area contributed by atoms with Gasteiger partial charge in [0.15, 0.2) is 0 Å². The molecule has 0 amide bonds. The Labute approximate surface area is 85.0 Å². The Hall–Kier alpha value is -1.81. The number of rotatable bonds is 2. The third kappa shape index (κ3) is 1.92. The third-order valence-electron chi connectivity index (χ3n) is 2.20. The van der Waals surface area contributed by atoms with Crippen LogP contribution in [0.25, 0.3) is 5.57 Å². The summed E-state index contributed by atoms with van der Waals surface area (Å²) in [4.78, 5) is 0. The summed E-state index contributed by atoms with van der Waals surface area (Å²) in [7, 11) is 0. The minimum absolute atomic E-state index is 0.681. The van der Waals surface area contributed by atoms with Gasteiger partial charge in [-0.2, -0.15) is 5.26 Å². The third-order valence-corrected chi connectivity index (χ3v) is 2.20. The lowest BCUT2D eigenvalue weighted by atomic mass is 9.96. The van der Waals surface area contributed by atoms with Gasteiger partial charge in [0, 0.05) is 0 Å². The summed E-state index contributed by atoms with van der Waals surface area (Å²) in [6.45, 7) is 11.7. The van der Waals surface area contributed by atoms with E-state index in [0.717, 1.165) is 22.3 Å². The van der Waals surface area contributed by atoms with Crippen LogP contribution >= 0.6 is 0 Å². The topological polar surface area (TPSA) is 23.8 Å². The second-order valence-electron chi connectivity index (χ2n) is 3.40. The van der Waals surface area contributed by atoms with E-state index in [1.54, 1.807) is 6.07 Å². The minimum atomic E-state index is 0.681. The maximum atomic E-state index is 8.71. The van der Waals surface area contributed by atoms with E-state index < -0.39 is 0 Å². The molecule has 0 bridgehead atoms. The number of aryl methyl sites for hydroxylation is 1. The summed E-state index contributed by atoms with van der Waals surface area (Å²) < 4.78 is 0. The lowest BCUT2D eigenvalue weighted by Gasteiger charge is -2.08. The fourth-order valence-electron chi connectivity index (χ4n) is 1.30. The van der Waals surface area contributed by atoms with Gasteiger partial charge in [-0.05, 0) is 42.7 Å². The fraction of sp³-hybridized carbons (Fsp3) is 0.154. The van der Waals surface area contributed by atoms with Gasteiger partial charge in [0.1, 0.15) is 0 Å². The van der Waals surface area contributed by atoms with Crippen LogP contribution in [-0.2, 0) is 0 Å². The van der Waals surface area contributed by atoms with Crippen LogP contribution in [0.3, 0.4) is 0 Å². The molecule has 0 aromatic heterocycles. The SMILES string of the molecule is C=C(C)C(=C)c1ccc(C#N)cc1C. The molecule has 0 N–H and O–H groups in total. The van der Waals surface area contributed by atoms with Gasteiger partial charge in [0.05, 0.1) is 11.6 Å². The molecule has 0 saturated heterocycles. The molecule has 1 rings (SSSR count). The normalized spacial score (nSPS) is 9.21. The van der Waals surface area contributed by atoms with E-state index in [4.69, 9.17) is 5.26 Å². The monoisotopic (exact) mass is 183 g/mol. The van der Waals surface area contributed by atoms with E-state index >= 15 is 0 Å². The average Bonchev–Trinajstić information content (AvgIpc) is 2.16. The van der Waals surface area contributed by atoms with E-state index in [1.807, 2.05) is 26.0 Å². The summed E-state index contributed by atoms with van der Waals surface area (Å²) in [6.07, 6.45) is 0. The van der Waals surface area contributed by atoms with E-state index in [9.17, 15) is 0 Å². The summed E-state index contributed by atoms with van der Waals surface area (Å²) in [5.41, 5.74) is 4.71. The molecule has 0 atom stereocenters. The standard InChI is InChI=1S/C13H13N/c1-9(2)11(4)13-6-5-12(8-14)7-10(13)3/h5-7H,1,4H2,2-3H3. The van der Waals surface area contributed by atoms with Crippen LogP contribution in [0.4, 0.5) is 0 Å². The van der Waals surface area contributed by atoms with Crippen molar-refractivity contribution in [2.24, 2.45) is 0 Å². The molecule has 1 aromatic rings. The van der Waals surface area contributed by atoms with Gasteiger partial charge in [-0.25, -0.2) is 0 Å². The molecule has 0 fully saturated rings. The molecule has 0 heterocycles. The Morgan fingerprint density at radius 3 is 2.43 bits per heavy atom. The summed E-state index contributed by atoms with van der Waals surface area (Å²) >= 11 is 0. The van der Waals surface area contributed by atoms with Crippen molar-refractivity contribution < 1.29 is 0 Å². The molecule has 0 unspecified atom stereocenters. The molecular formula is C13H13N. The number of nitriles is 1. The van der Waals surface area contributed by atoms with Crippen LogP contribution in [0, 0.1) is 18.3 Å². The molecule has 1 nitrogen and oxygen atoms in total. The van der Waals surface area contributed by atoms with Gasteiger partial charge < -0.3 is 0 Å². The second-order valence-corrected chi connectivity index (χ2v) is 3.40. The zero-order valence-electron chi connectivity index (χ0n) is 8.59. The van der Waals surface area contributed by atoms with E-state index in [1.165, 1.54) is 0 Å². The average molecular weight is 183 g/mol. The van der Waals surface area contributed by atoms with Crippen LogP contribution < -0.4 is 0 Å². The summed E-state index contributed by atoms with van der Waals surface area (Å²) in [6, 6.07) is 7.70. The molecule has 14 heavy (non-hydrogen) atoms. The van der Waals surface area contributed by atoms with Crippen molar-refractivity contribution >= 4 is 5.57 Å². The maximum Gasteiger partial charge on any atom is 0.0991 e. The molecule has 1 heteroatoms. The van der Waals surface area contributed by atoms with Gasteiger partial charge in [-0.1, -0.05) is 24.8 Å². The minimum Gasteiger partial charge on any atom is -0.192 e. The highest BCUT2D eigenvalue weighted by Crippen LogP contribution is 2.23. The molecule has 0 aliphatic rings. The number of benzene rings is 1. The van der Waals surface area contributed by atoms with Gasteiger partial charge in [-0.15, -0.1) is 0 Å². The zero-order valence-corrected chi connectivity index (χ0v) is 8.59. The van der Waals surface area contributed by atoms with Gasteiger partial charge in [-0.3, -0.25) is 0 Å². The highest BCUT2D eigenvalue weighted by Gasteiger charge is 2.03. The van der Waals surface area contributed by atoms with Gasteiger partial charge >= 0.3 is 0 Å². The van der Waals surface area contributed by atoms with Crippen molar-refractivity contribution in [3.05, 3.63) is 53.6 Å². The summed E-state index contributed by atoms with van der Waals surface area (Å²) in [5, 5.41) is 8.71. The first-order valence-corrected chi connectivity index (χ1v) is 4.42. The predicted molar refractivity (Wildman–Crippen MR) is 59.7 cm³/mol. The van der Waals surface area contributed by atoms with E-state index in [-0.39, 0.29) is 0 Å². The second kappa shape index (κ2) is 3.93. The molecule has 0 aliphatic carbocycles. The van der Waals surface area contributed by atoms with E-state index in [0.29, 0.717) is 5.56 Å². The molecular weight excluding hydrogens is 170 g/mol. The van der Waals surface area contributed by atoms with Crippen molar-refractivity contribution in [3.8, 4) is 6.07 Å². The van der Waals surface area contributed by atoms with Crippen LogP contribution in [0.1, 0.15) is 23.6 Å². The predicted octanol–water partition coefficient (Wildman–Crippen LogP) is 3.46. The van der Waals surface area contributed by atoms with Crippen molar-refractivity contribution in [3.63, 3.8) is 0 Å². The first-order chi connectivity index (χ1) is 6.56. The quantitative estimate of drug-likeness (QED) is 0.644. The largest absolute Gasteiger partial charge is 0.192 e. The smallest absolute Gasteiger partial charge is 0.0991 e. The van der Waals surface area contributed by atoms with E-state index in [2.05, 4.69) is 19.2 Å².